The van der Waals surface area contributed by atoms with Gasteiger partial charge in [-0.25, -0.2) is 4.98 Å². The van der Waals surface area contributed by atoms with E-state index < -0.39 is 10.1 Å². The van der Waals surface area contributed by atoms with Gasteiger partial charge < -0.3 is 9.47 Å². The molecule has 1 aromatic heterocycles. The normalized spacial score (nSPS) is 26.8. The van der Waals surface area contributed by atoms with E-state index in [2.05, 4.69) is 75.7 Å². The number of hydrogen-bond donors (Lipinski definition) is 1. The first-order chi connectivity index (χ1) is 23.6. The van der Waals surface area contributed by atoms with E-state index in [4.69, 9.17) is 4.98 Å². The minimum atomic E-state index is -2.72. The number of amides is 2. The summed E-state index contributed by atoms with van der Waals surface area (Å²) in [6, 6.07) is 28.4. The van der Waals surface area contributed by atoms with Crippen LogP contribution in [0.25, 0.3) is 11.0 Å². The molecule has 5 atom stereocenters. The Morgan fingerprint density at radius 3 is 2.39 bits per heavy atom. The number of carbonyl (C=O) groups excluding carboxylic acids is 2. The number of aromatic nitrogens is 2. The number of rotatable bonds is 10. The maximum atomic E-state index is 13.7. The van der Waals surface area contributed by atoms with Gasteiger partial charge in [0.05, 0.1) is 11.0 Å². The first-order valence-electron chi connectivity index (χ1n) is 18.1. The minimum Gasteiger partial charge on any atom is -0.339 e. The molecule has 1 spiro atoms. The zero-order valence-corrected chi connectivity index (χ0v) is 29.8. The van der Waals surface area contributed by atoms with Crippen LogP contribution in [0.5, 0.6) is 0 Å². The van der Waals surface area contributed by atoms with Crippen molar-refractivity contribution >= 4 is 33.0 Å². The van der Waals surface area contributed by atoms with E-state index in [0.29, 0.717) is 59.9 Å². The first kappa shape index (κ1) is 32.4. The Labute approximate surface area is 290 Å². The van der Waals surface area contributed by atoms with Crippen molar-refractivity contribution in [1.82, 2.24) is 24.1 Å². The number of imidazole rings is 1. The predicted molar refractivity (Wildman–Crippen MR) is 194 cm³/mol. The third-order valence-corrected chi connectivity index (χ3v) is 14.2. The monoisotopic (exact) mass is 678 g/mol. The number of carbonyl (C=O) groups is 2. The average molecular weight is 679 g/mol. The van der Waals surface area contributed by atoms with E-state index in [1.807, 2.05) is 11.8 Å². The lowest BCUT2D eigenvalue weighted by Gasteiger charge is -2.48. The van der Waals surface area contributed by atoms with Gasteiger partial charge in [-0.05, 0) is 106 Å². The lowest BCUT2D eigenvalue weighted by Crippen LogP contribution is -2.55. The van der Waals surface area contributed by atoms with Crippen molar-refractivity contribution in [3.63, 3.8) is 0 Å². The highest BCUT2D eigenvalue weighted by atomic mass is 32.3. The summed E-state index contributed by atoms with van der Waals surface area (Å²) in [5.41, 5.74) is 4.89. The first-order valence-corrected chi connectivity index (χ1v) is 20.0. The summed E-state index contributed by atoms with van der Waals surface area (Å²) in [6.45, 7) is 6.59. The summed E-state index contributed by atoms with van der Waals surface area (Å²) in [4.78, 5) is 36.0. The maximum Gasteiger partial charge on any atom is 0.261 e. The molecule has 8 nitrogen and oxygen atoms in total. The number of likely N-dealkylation sites (tertiary alicyclic amines) is 2. The second kappa shape index (κ2) is 12.2. The van der Waals surface area contributed by atoms with E-state index in [1.54, 1.807) is 30.5 Å². The van der Waals surface area contributed by atoms with Crippen molar-refractivity contribution in [3.05, 3.63) is 95.8 Å². The third-order valence-electron chi connectivity index (χ3n) is 12.4. The number of para-hydroxylation sites is 2. The molecule has 4 fully saturated rings. The molecule has 4 aromatic rings. The molecule has 1 N–H and O–H groups in total. The lowest BCUT2D eigenvalue weighted by atomic mass is 9.70. The number of aryl methyl sites for hydroxylation is 1. The molecule has 2 aliphatic heterocycles. The summed E-state index contributed by atoms with van der Waals surface area (Å²) in [5.74, 6) is 0.922. The minimum absolute atomic E-state index is 0.00987. The van der Waals surface area contributed by atoms with E-state index in [-0.39, 0.29) is 17.2 Å². The molecule has 0 bridgehead atoms. The van der Waals surface area contributed by atoms with Gasteiger partial charge in [-0.3, -0.25) is 14.5 Å². The Hall–Kier alpha value is -3.82. The van der Waals surface area contributed by atoms with E-state index in [9.17, 15) is 13.8 Å². The van der Waals surface area contributed by atoms with Crippen LogP contribution in [-0.4, -0.2) is 69.1 Å². The SMILES string of the molecule is CCCC(=O)N[S+](C)(=O)c1ccc(C(=O)N2CCC(CCN3C4CC(n5c(C)nc6ccccc65)CC45CC35)(c3ccccc3)CC2)cc1. The summed E-state index contributed by atoms with van der Waals surface area (Å²) < 4.78 is 18.4. The molecular formula is C40H48N5O3S+. The Bertz CT molecular complexity index is 1930. The van der Waals surface area contributed by atoms with E-state index in [0.717, 1.165) is 37.1 Å². The Morgan fingerprint density at radius 2 is 1.65 bits per heavy atom. The van der Waals surface area contributed by atoms with Gasteiger partial charge in [0, 0.05) is 48.6 Å². The van der Waals surface area contributed by atoms with Gasteiger partial charge in [-0.2, -0.15) is 4.72 Å². The third kappa shape index (κ3) is 5.53. The second-order valence-electron chi connectivity index (χ2n) is 15.1. The highest BCUT2D eigenvalue weighted by Crippen LogP contribution is 2.72. The van der Waals surface area contributed by atoms with Crippen molar-refractivity contribution in [2.75, 3.05) is 25.9 Å². The van der Waals surface area contributed by atoms with Crippen LogP contribution in [0.3, 0.4) is 0 Å². The van der Waals surface area contributed by atoms with Crippen molar-refractivity contribution in [3.8, 4) is 0 Å². The highest BCUT2D eigenvalue weighted by molar-refractivity contribution is 8.01. The summed E-state index contributed by atoms with van der Waals surface area (Å²) >= 11 is 0. The van der Waals surface area contributed by atoms with Crippen molar-refractivity contribution in [2.45, 2.75) is 93.7 Å². The largest absolute Gasteiger partial charge is 0.339 e. The molecule has 2 saturated heterocycles. The van der Waals surface area contributed by atoms with Crippen LogP contribution in [-0.2, 0) is 24.5 Å². The molecule has 3 aromatic carbocycles. The molecule has 3 heterocycles. The fourth-order valence-corrected chi connectivity index (χ4v) is 11.1. The maximum absolute atomic E-state index is 13.7. The van der Waals surface area contributed by atoms with Crippen LogP contribution in [0.1, 0.15) is 86.1 Å². The standard InChI is InChI=1S/C40H47N5O3S/c1-4-10-37(46)42-49(3,48)32-17-15-29(16-18-32)38(47)43-22-19-39(20-23-43,30-11-6-5-7-12-30)21-24-44-35-25-31(26-40(35)27-36(40)44)45-28(2)41-33-13-8-9-14-34(33)45/h5-9,11-18,31,35-36H,4,10,19-27H2,1-3H3/p+1. The zero-order chi connectivity index (χ0) is 34.0. The summed E-state index contributed by atoms with van der Waals surface area (Å²) in [6.07, 6.45) is 9.35. The number of piperidine rings is 1. The number of benzene rings is 3. The van der Waals surface area contributed by atoms with E-state index in [1.165, 1.54) is 30.3 Å². The van der Waals surface area contributed by atoms with Crippen LogP contribution in [0.4, 0.5) is 0 Å². The molecule has 0 radical (unpaired) electrons. The number of nitrogens with one attached hydrogen (secondary N) is 1. The molecule has 5 unspecified atom stereocenters. The van der Waals surface area contributed by atoms with Crippen LogP contribution < -0.4 is 4.72 Å². The van der Waals surface area contributed by atoms with Crippen LogP contribution in [0, 0.1) is 12.3 Å². The quantitative estimate of drug-likeness (QED) is 0.189. The molecule has 2 saturated carbocycles. The lowest BCUT2D eigenvalue weighted by molar-refractivity contribution is -0.119. The number of hydrogen-bond acceptors (Lipinski definition) is 5. The summed E-state index contributed by atoms with van der Waals surface area (Å²) in [5, 5.41) is 0. The van der Waals surface area contributed by atoms with Gasteiger partial charge in [0.25, 0.3) is 11.8 Å². The smallest absolute Gasteiger partial charge is 0.261 e. The van der Waals surface area contributed by atoms with Gasteiger partial charge in [0.15, 0.2) is 4.90 Å². The number of fused-ring (bicyclic) bond motifs is 1. The molecule has 2 amide bonds. The molecule has 9 heteroatoms. The fourth-order valence-electron chi connectivity index (χ4n) is 9.76. The Balaban J connectivity index is 0.931. The van der Waals surface area contributed by atoms with Crippen molar-refractivity contribution in [2.24, 2.45) is 5.41 Å². The van der Waals surface area contributed by atoms with Crippen LogP contribution in [0.15, 0.2) is 83.8 Å². The molecule has 49 heavy (non-hydrogen) atoms. The average Bonchev–Trinajstić information content (AvgIpc) is 3.42. The highest BCUT2D eigenvalue weighted by Gasteiger charge is 2.75. The van der Waals surface area contributed by atoms with E-state index >= 15 is 0 Å². The molecule has 2 aliphatic carbocycles. The topological polar surface area (TPSA) is 87.5 Å². The predicted octanol–water partition coefficient (Wildman–Crippen LogP) is 6.71. The van der Waals surface area contributed by atoms with Crippen LogP contribution >= 0.6 is 0 Å². The molecular weight excluding hydrogens is 631 g/mol. The van der Waals surface area contributed by atoms with Crippen LogP contribution in [0.2, 0.25) is 0 Å². The van der Waals surface area contributed by atoms with Gasteiger partial charge in [0.2, 0.25) is 10.1 Å². The van der Waals surface area contributed by atoms with Gasteiger partial charge in [0.1, 0.15) is 12.1 Å². The zero-order valence-electron chi connectivity index (χ0n) is 28.9. The molecule has 4 aliphatic rings. The van der Waals surface area contributed by atoms with Crippen molar-refractivity contribution in [1.29, 1.82) is 0 Å². The Morgan fingerprint density at radius 1 is 0.939 bits per heavy atom. The molecule has 8 rings (SSSR count). The van der Waals surface area contributed by atoms with Gasteiger partial charge in [-0.1, -0.05) is 53.6 Å². The van der Waals surface area contributed by atoms with Crippen molar-refractivity contribution < 1.29 is 13.8 Å². The Kier molecular flexibility index (Phi) is 8.06. The van der Waals surface area contributed by atoms with Gasteiger partial charge in [-0.15, -0.1) is 0 Å². The molecule has 256 valence electrons. The number of nitrogens with zero attached hydrogens (tertiary/aromatic N) is 4. The second-order valence-corrected chi connectivity index (χ2v) is 17.5. The fraction of sp³-hybridized carbons (Fsp3) is 0.475. The van der Waals surface area contributed by atoms with Gasteiger partial charge >= 0.3 is 0 Å². The summed E-state index contributed by atoms with van der Waals surface area (Å²) in [7, 11) is -2.72.